The van der Waals surface area contributed by atoms with Gasteiger partial charge >= 0.3 is 5.97 Å². The van der Waals surface area contributed by atoms with Crippen LogP contribution in [0.25, 0.3) is 0 Å². The molecule has 1 amide bonds. The summed E-state index contributed by atoms with van der Waals surface area (Å²) in [6.45, 7) is 5.73. The summed E-state index contributed by atoms with van der Waals surface area (Å²) in [6, 6.07) is -1.02. The van der Waals surface area contributed by atoms with Crippen LogP contribution in [-0.4, -0.2) is 99.6 Å². The van der Waals surface area contributed by atoms with E-state index in [2.05, 4.69) is 74.7 Å². The molecule has 1 fully saturated rings. The average molecular weight is 1040 g/mol. The Hall–Kier alpha value is -2.64. The number of nitrogens with one attached hydrogen (secondary N) is 1. The number of allylic oxidation sites excluding steroid dienone is 9. The van der Waals surface area contributed by atoms with Crippen LogP contribution < -0.4 is 5.32 Å². The van der Waals surface area contributed by atoms with Gasteiger partial charge in [0.15, 0.2) is 12.4 Å². The van der Waals surface area contributed by atoms with E-state index in [4.69, 9.17) is 14.2 Å². The summed E-state index contributed by atoms with van der Waals surface area (Å²) in [5.41, 5.74) is 0. The molecule has 0 aromatic rings. The van der Waals surface area contributed by atoms with Crippen LogP contribution in [0.15, 0.2) is 60.8 Å². The van der Waals surface area contributed by atoms with Gasteiger partial charge in [0.1, 0.15) is 24.4 Å². The van der Waals surface area contributed by atoms with Crippen LogP contribution in [0.3, 0.4) is 0 Å². The summed E-state index contributed by atoms with van der Waals surface area (Å²) in [4.78, 5) is 26.5. The average Bonchev–Trinajstić information content (AvgIpc) is 3.40. The zero-order valence-electron chi connectivity index (χ0n) is 47.5. The smallest absolute Gasteiger partial charge is 0.306 e. The number of aliphatic hydroxyl groups excluding tert-OH is 5. The Morgan fingerprint density at radius 1 is 0.527 bits per heavy atom. The predicted octanol–water partition coefficient (Wildman–Crippen LogP) is 14.2. The van der Waals surface area contributed by atoms with Crippen LogP contribution in [0.5, 0.6) is 0 Å². The fraction of sp³-hybridized carbons (Fsp3) is 0.810. The summed E-state index contributed by atoms with van der Waals surface area (Å²) in [6.07, 6.45) is 52.6. The second kappa shape index (κ2) is 51.1. The minimum Gasteiger partial charge on any atom is -0.454 e. The Kier molecular flexibility index (Phi) is 47.9. The zero-order valence-corrected chi connectivity index (χ0v) is 47.5. The topological polar surface area (TPSA) is 175 Å². The van der Waals surface area contributed by atoms with E-state index in [0.29, 0.717) is 19.3 Å². The Bertz CT molecular complexity index is 1430. The number of rotatable bonds is 51. The molecule has 1 heterocycles. The lowest BCUT2D eigenvalue weighted by molar-refractivity contribution is -0.305. The van der Waals surface area contributed by atoms with E-state index in [1.807, 2.05) is 6.08 Å². The van der Waals surface area contributed by atoms with Gasteiger partial charge in [-0.05, 0) is 70.6 Å². The van der Waals surface area contributed by atoms with Crippen molar-refractivity contribution >= 4 is 11.9 Å². The largest absolute Gasteiger partial charge is 0.454 e. The van der Waals surface area contributed by atoms with Gasteiger partial charge in [0.25, 0.3) is 0 Å². The highest BCUT2D eigenvalue weighted by atomic mass is 16.7. The second-order valence-corrected chi connectivity index (χ2v) is 21.1. The van der Waals surface area contributed by atoms with Gasteiger partial charge in [-0.3, -0.25) is 9.59 Å². The van der Waals surface area contributed by atoms with E-state index in [-0.39, 0.29) is 13.0 Å². The molecule has 11 heteroatoms. The number of carbonyl (C=O) groups excluding carboxylic acids is 2. The van der Waals surface area contributed by atoms with Crippen LogP contribution in [-0.2, 0) is 23.8 Å². The van der Waals surface area contributed by atoms with Crippen molar-refractivity contribution in [2.45, 2.75) is 314 Å². The van der Waals surface area contributed by atoms with Gasteiger partial charge in [-0.25, -0.2) is 0 Å². The molecule has 0 radical (unpaired) electrons. The molecule has 6 N–H and O–H groups in total. The molecule has 1 saturated heterocycles. The molecule has 0 spiro atoms. The highest BCUT2D eigenvalue weighted by Gasteiger charge is 2.47. The van der Waals surface area contributed by atoms with E-state index >= 15 is 0 Å². The number of hydrogen-bond donors (Lipinski definition) is 6. The first-order valence-electron chi connectivity index (χ1n) is 30.6. The minimum atomic E-state index is -1.62. The third kappa shape index (κ3) is 38.8. The monoisotopic (exact) mass is 1040 g/mol. The van der Waals surface area contributed by atoms with Gasteiger partial charge in [0, 0.05) is 6.42 Å². The van der Waals surface area contributed by atoms with Gasteiger partial charge < -0.3 is 45.1 Å². The Balaban J connectivity index is 2.63. The Morgan fingerprint density at radius 2 is 0.932 bits per heavy atom. The van der Waals surface area contributed by atoms with Crippen molar-refractivity contribution in [3.63, 3.8) is 0 Å². The van der Waals surface area contributed by atoms with Gasteiger partial charge in [0.05, 0.1) is 25.4 Å². The van der Waals surface area contributed by atoms with Gasteiger partial charge in [-0.15, -0.1) is 0 Å². The first-order valence-corrected chi connectivity index (χ1v) is 30.6. The number of aliphatic hydroxyl groups is 5. The molecule has 1 aliphatic rings. The standard InChI is InChI=1S/C63H113NO10/c1-4-7-10-13-16-19-22-24-25-26-27-28-29-30-31-32-33-34-36-39-42-45-48-51-58(68)74-61-60(70)59(69)57(52-65)73-63(61)72-53-54(55(66)49-46-43-40-38-35-23-20-17-14-11-8-5-2)64-62(71)56(67)50-47-44-41-37-21-18-15-12-9-6-3/h16,19,24-25,27-28,30-31,46,49,54-57,59-61,63,65-67,69-70H,4-15,17-18,20-23,26,29,32-45,47-48,50-53H2,1-3H3,(H,64,71)/b19-16-,25-24-,28-27-,31-30-,49-46+. The molecule has 11 nitrogen and oxygen atoms in total. The van der Waals surface area contributed by atoms with Crippen molar-refractivity contribution in [1.82, 2.24) is 5.32 Å². The maximum Gasteiger partial charge on any atom is 0.306 e. The van der Waals surface area contributed by atoms with E-state index in [1.54, 1.807) is 6.08 Å². The summed E-state index contributed by atoms with van der Waals surface area (Å²) in [5.74, 6) is -1.20. The van der Waals surface area contributed by atoms with Crippen molar-refractivity contribution in [1.29, 1.82) is 0 Å². The fourth-order valence-electron chi connectivity index (χ4n) is 9.28. The lowest BCUT2D eigenvalue weighted by Crippen LogP contribution is -2.61. The summed E-state index contributed by atoms with van der Waals surface area (Å²) < 4.78 is 17.6. The predicted molar refractivity (Wildman–Crippen MR) is 306 cm³/mol. The van der Waals surface area contributed by atoms with Crippen LogP contribution in [0.2, 0.25) is 0 Å². The number of amides is 1. The highest BCUT2D eigenvalue weighted by molar-refractivity contribution is 5.80. The molecular formula is C63H113NO10. The normalized spacial score (nSPS) is 19.7. The third-order valence-electron chi connectivity index (χ3n) is 14.2. The first-order chi connectivity index (χ1) is 36.2. The van der Waals surface area contributed by atoms with E-state index in [1.165, 1.54) is 116 Å². The van der Waals surface area contributed by atoms with Crippen LogP contribution in [0.1, 0.15) is 265 Å². The van der Waals surface area contributed by atoms with Gasteiger partial charge in [-0.1, -0.05) is 248 Å². The summed E-state index contributed by atoms with van der Waals surface area (Å²) in [7, 11) is 0. The Morgan fingerprint density at radius 3 is 1.42 bits per heavy atom. The van der Waals surface area contributed by atoms with Crippen molar-refractivity contribution < 1.29 is 49.3 Å². The van der Waals surface area contributed by atoms with E-state index in [9.17, 15) is 35.1 Å². The third-order valence-corrected chi connectivity index (χ3v) is 14.2. The molecule has 0 aromatic carbocycles. The molecule has 8 unspecified atom stereocenters. The quantitative estimate of drug-likeness (QED) is 0.0195. The van der Waals surface area contributed by atoms with Crippen molar-refractivity contribution in [2.75, 3.05) is 13.2 Å². The molecule has 1 aliphatic heterocycles. The van der Waals surface area contributed by atoms with Crippen LogP contribution in [0, 0.1) is 0 Å². The van der Waals surface area contributed by atoms with Gasteiger partial charge in [-0.2, -0.15) is 0 Å². The highest BCUT2D eigenvalue weighted by Crippen LogP contribution is 2.26. The van der Waals surface area contributed by atoms with Crippen molar-refractivity contribution in [3.8, 4) is 0 Å². The van der Waals surface area contributed by atoms with Crippen LogP contribution in [0.4, 0.5) is 0 Å². The first kappa shape index (κ1) is 69.4. The lowest BCUT2D eigenvalue weighted by Gasteiger charge is -2.41. The zero-order chi connectivity index (χ0) is 54.0. The molecule has 0 saturated carbocycles. The van der Waals surface area contributed by atoms with Crippen LogP contribution >= 0.6 is 0 Å². The fourth-order valence-corrected chi connectivity index (χ4v) is 9.28. The van der Waals surface area contributed by atoms with Gasteiger partial charge in [0.2, 0.25) is 5.91 Å². The number of hydrogen-bond acceptors (Lipinski definition) is 10. The molecule has 1 rings (SSSR count). The number of unbranched alkanes of at least 4 members (excludes halogenated alkanes) is 29. The molecule has 0 aliphatic carbocycles. The lowest BCUT2D eigenvalue weighted by atomic mass is 9.99. The van der Waals surface area contributed by atoms with E-state index in [0.717, 1.165) is 103 Å². The minimum absolute atomic E-state index is 0.111. The number of ether oxygens (including phenoxy) is 3. The maximum atomic E-state index is 13.3. The molecule has 430 valence electrons. The van der Waals surface area contributed by atoms with Crippen molar-refractivity contribution in [2.24, 2.45) is 0 Å². The SMILES string of the molecule is CCCCC/C=C\C/C=C\C/C=C\C/C=C\CCCCCCCCCC(=O)OC1C(OCC(NC(=O)C(O)CCCCCCCCCCCC)C(O)/C=C/CCCCCCCCCCCC)OC(CO)C(O)C1O. The molecule has 0 bridgehead atoms. The Labute approximate surface area is 452 Å². The number of carbonyl (C=O) groups is 2. The number of esters is 1. The maximum absolute atomic E-state index is 13.3. The molecule has 8 atom stereocenters. The molecule has 0 aromatic heterocycles. The van der Waals surface area contributed by atoms with Crippen molar-refractivity contribution in [3.05, 3.63) is 60.8 Å². The summed E-state index contributed by atoms with van der Waals surface area (Å²) in [5, 5.41) is 56.8. The molecule has 74 heavy (non-hydrogen) atoms. The summed E-state index contributed by atoms with van der Waals surface area (Å²) >= 11 is 0. The van der Waals surface area contributed by atoms with E-state index < -0.39 is 67.4 Å². The molecular weight excluding hydrogens is 931 g/mol. The second-order valence-electron chi connectivity index (χ2n) is 21.1.